The third kappa shape index (κ3) is 2.16. The highest BCUT2D eigenvalue weighted by Crippen LogP contribution is 2.42. The van der Waals surface area contributed by atoms with Gasteiger partial charge in [-0.2, -0.15) is 0 Å². The lowest BCUT2D eigenvalue weighted by atomic mass is 9.95. The standard InChI is InChI=1S/C21H13N3O4/c1-28-11-8-6-10(7-9-11)14-15-17(12-4-2-3-5-13(12)18(15)25)22-19-16(14)20(26)24-21(27)23-19/h2-9H,1H3,(H2,22,23,24,26,27). The van der Waals surface area contributed by atoms with E-state index in [9.17, 15) is 14.4 Å². The largest absolute Gasteiger partial charge is 0.497 e. The topological polar surface area (TPSA) is 105 Å². The van der Waals surface area contributed by atoms with Gasteiger partial charge in [0.25, 0.3) is 5.56 Å². The molecule has 28 heavy (non-hydrogen) atoms. The maximum atomic E-state index is 13.2. The van der Waals surface area contributed by atoms with Gasteiger partial charge in [-0.3, -0.25) is 19.6 Å². The number of nitrogens with one attached hydrogen (secondary N) is 2. The van der Waals surface area contributed by atoms with Crippen LogP contribution in [-0.4, -0.2) is 27.8 Å². The molecular weight excluding hydrogens is 358 g/mol. The summed E-state index contributed by atoms with van der Waals surface area (Å²) in [5.74, 6) is 0.451. The van der Waals surface area contributed by atoms with Crippen molar-refractivity contribution in [2.24, 2.45) is 0 Å². The molecule has 0 amide bonds. The van der Waals surface area contributed by atoms with Crippen LogP contribution in [0, 0.1) is 0 Å². The van der Waals surface area contributed by atoms with Crippen LogP contribution in [-0.2, 0) is 0 Å². The number of pyridine rings is 1. The van der Waals surface area contributed by atoms with Crippen molar-refractivity contribution in [3.63, 3.8) is 0 Å². The molecule has 2 N–H and O–H groups in total. The number of hydrogen-bond donors (Lipinski definition) is 2. The zero-order chi connectivity index (χ0) is 19.4. The van der Waals surface area contributed by atoms with E-state index in [2.05, 4.69) is 15.0 Å². The Morgan fingerprint density at radius 3 is 2.29 bits per heavy atom. The van der Waals surface area contributed by atoms with Crippen molar-refractivity contribution in [1.29, 1.82) is 0 Å². The molecular formula is C21H13N3O4. The average Bonchev–Trinajstić information content (AvgIpc) is 2.99. The fraction of sp³-hybridized carbons (Fsp3) is 0.0476. The van der Waals surface area contributed by atoms with Gasteiger partial charge in [0.05, 0.1) is 23.8 Å². The second-order valence-corrected chi connectivity index (χ2v) is 6.45. The molecule has 0 spiro atoms. The van der Waals surface area contributed by atoms with Crippen LogP contribution in [0.25, 0.3) is 33.4 Å². The van der Waals surface area contributed by atoms with Crippen LogP contribution in [0.1, 0.15) is 15.9 Å². The molecule has 0 atom stereocenters. The zero-order valence-corrected chi connectivity index (χ0v) is 14.7. The highest BCUT2D eigenvalue weighted by atomic mass is 16.5. The van der Waals surface area contributed by atoms with Crippen LogP contribution >= 0.6 is 0 Å². The summed E-state index contributed by atoms with van der Waals surface area (Å²) < 4.78 is 5.20. The van der Waals surface area contributed by atoms with Crippen LogP contribution in [0.5, 0.6) is 5.75 Å². The van der Waals surface area contributed by atoms with Crippen molar-refractivity contribution in [2.75, 3.05) is 7.11 Å². The molecule has 0 saturated carbocycles. The smallest absolute Gasteiger partial charge is 0.327 e. The molecule has 2 aromatic heterocycles. The Morgan fingerprint density at radius 2 is 1.57 bits per heavy atom. The van der Waals surface area contributed by atoms with E-state index in [0.29, 0.717) is 39.3 Å². The van der Waals surface area contributed by atoms with Gasteiger partial charge in [0, 0.05) is 16.7 Å². The summed E-state index contributed by atoms with van der Waals surface area (Å²) in [4.78, 5) is 46.9. The molecule has 2 heterocycles. The Balaban J connectivity index is 1.97. The number of carbonyl (C=O) groups excluding carboxylic acids is 1. The zero-order valence-electron chi connectivity index (χ0n) is 14.7. The molecule has 4 aromatic rings. The summed E-state index contributed by atoms with van der Waals surface area (Å²) in [5, 5.41) is 0.171. The second kappa shape index (κ2) is 5.75. The van der Waals surface area contributed by atoms with Gasteiger partial charge >= 0.3 is 5.69 Å². The lowest BCUT2D eigenvalue weighted by molar-refractivity contribution is 0.104. The number of methoxy groups -OCH3 is 1. The molecule has 7 nitrogen and oxygen atoms in total. The summed E-state index contributed by atoms with van der Waals surface area (Å²) in [6, 6.07) is 14.2. The maximum absolute atomic E-state index is 13.2. The lowest BCUT2D eigenvalue weighted by Gasteiger charge is -2.11. The number of ether oxygens (including phenoxy) is 1. The fourth-order valence-corrected chi connectivity index (χ4v) is 3.69. The number of aromatic nitrogens is 3. The number of ketones is 1. The summed E-state index contributed by atoms with van der Waals surface area (Å²) in [7, 11) is 1.56. The molecule has 0 bridgehead atoms. The number of nitrogens with zero attached hydrogens (tertiary/aromatic N) is 1. The Kier molecular flexibility index (Phi) is 3.33. The molecule has 0 aliphatic heterocycles. The second-order valence-electron chi connectivity index (χ2n) is 6.45. The highest BCUT2D eigenvalue weighted by Gasteiger charge is 2.33. The van der Waals surface area contributed by atoms with Gasteiger partial charge in [-0.05, 0) is 17.7 Å². The number of rotatable bonds is 2. The third-order valence-electron chi connectivity index (χ3n) is 4.92. The van der Waals surface area contributed by atoms with E-state index in [-0.39, 0.29) is 16.8 Å². The van der Waals surface area contributed by atoms with E-state index in [1.807, 2.05) is 6.07 Å². The Morgan fingerprint density at radius 1 is 0.857 bits per heavy atom. The molecule has 7 heteroatoms. The minimum atomic E-state index is -0.650. The van der Waals surface area contributed by atoms with Crippen molar-refractivity contribution in [2.45, 2.75) is 0 Å². The molecule has 136 valence electrons. The van der Waals surface area contributed by atoms with Crippen LogP contribution in [0.15, 0.2) is 58.1 Å². The minimum Gasteiger partial charge on any atom is -0.497 e. The van der Waals surface area contributed by atoms with Gasteiger partial charge in [-0.15, -0.1) is 0 Å². The molecule has 0 saturated heterocycles. The van der Waals surface area contributed by atoms with E-state index in [4.69, 9.17) is 4.74 Å². The normalized spacial score (nSPS) is 12.1. The third-order valence-corrected chi connectivity index (χ3v) is 4.92. The fourth-order valence-electron chi connectivity index (χ4n) is 3.69. The molecule has 1 aliphatic carbocycles. The number of hydrogen-bond acceptors (Lipinski definition) is 5. The van der Waals surface area contributed by atoms with Gasteiger partial charge in [-0.25, -0.2) is 9.78 Å². The van der Waals surface area contributed by atoms with E-state index in [1.165, 1.54) is 0 Å². The van der Waals surface area contributed by atoms with Crippen molar-refractivity contribution < 1.29 is 9.53 Å². The molecule has 0 fully saturated rings. The van der Waals surface area contributed by atoms with Crippen LogP contribution < -0.4 is 16.0 Å². The molecule has 0 unspecified atom stereocenters. The van der Waals surface area contributed by atoms with Gasteiger partial charge in [-0.1, -0.05) is 36.4 Å². The highest BCUT2D eigenvalue weighted by molar-refractivity contribution is 6.26. The summed E-state index contributed by atoms with van der Waals surface area (Å²) in [5.41, 5.74) is 2.02. The first kappa shape index (κ1) is 16.2. The lowest BCUT2D eigenvalue weighted by Crippen LogP contribution is -2.23. The van der Waals surface area contributed by atoms with Crippen molar-refractivity contribution >= 4 is 16.8 Å². The Hall–Kier alpha value is -4.00. The predicted octanol–water partition coefficient (Wildman–Crippen LogP) is 2.50. The maximum Gasteiger partial charge on any atom is 0.327 e. The van der Waals surface area contributed by atoms with Crippen molar-refractivity contribution in [1.82, 2.24) is 15.0 Å². The van der Waals surface area contributed by atoms with Gasteiger partial charge in [0.15, 0.2) is 5.78 Å². The van der Waals surface area contributed by atoms with Crippen LogP contribution in [0.2, 0.25) is 0 Å². The summed E-state index contributed by atoms with van der Waals surface area (Å²) in [6.07, 6.45) is 0. The summed E-state index contributed by atoms with van der Waals surface area (Å²) >= 11 is 0. The Labute approximate surface area is 157 Å². The van der Waals surface area contributed by atoms with Crippen LogP contribution in [0.4, 0.5) is 0 Å². The van der Waals surface area contributed by atoms with Crippen molar-refractivity contribution in [3.8, 4) is 28.1 Å². The predicted molar refractivity (Wildman–Crippen MR) is 104 cm³/mol. The van der Waals surface area contributed by atoms with Gasteiger partial charge < -0.3 is 4.74 Å². The molecule has 5 rings (SSSR count). The Bertz CT molecular complexity index is 1400. The van der Waals surface area contributed by atoms with Gasteiger partial charge in [0.1, 0.15) is 11.4 Å². The average molecular weight is 371 g/mol. The number of aromatic amines is 2. The molecule has 2 aromatic carbocycles. The quantitative estimate of drug-likeness (QED) is 0.496. The number of fused-ring (bicyclic) bond motifs is 4. The summed E-state index contributed by atoms with van der Waals surface area (Å²) in [6.45, 7) is 0. The number of H-pyrrole nitrogens is 2. The minimum absolute atomic E-state index is 0.142. The monoisotopic (exact) mass is 371 g/mol. The number of carbonyl (C=O) groups is 1. The SMILES string of the molecule is COc1ccc(-c2c3c(nc4[nH]c(=O)[nH]c(=O)c24)-c2ccccc2C3=O)cc1. The first-order chi connectivity index (χ1) is 13.6. The van der Waals surface area contributed by atoms with Crippen molar-refractivity contribution in [3.05, 3.63) is 80.5 Å². The first-order valence-electron chi connectivity index (χ1n) is 8.57. The molecule has 0 radical (unpaired) electrons. The van der Waals surface area contributed by atoms with E-state index >= 15 is 0 Å². The first-order valence-corrected chi connectivity index (χ1v) is 8.57. The van der Waals surface area contributed by atoms with E-state index in [1.54, 1.807) is 49.6 Å². The number of benzene rings is 2. The van der Waals surface area contributed by atoms with Gasteiger partial charge in [0.2, 0.25) is 0 Å². The molecule has 1 aliphatic rings. The van der Waals surface area contributed by atoms with E-state index < -0.39 is 11.2 Å². The van der Waals surface area contributed by atoms with E-state index in [0.717, 1.165) is 0 Å². The van der Waals surface area contributed by atoms with Crippen LogP contribution in [0.3, 0.4) is 0 Å².